The number of rotatable bonds is 5. The third kappa shape index (κ3) is 4.58. The van der Waals surface area contributed by atoms with E-state index in [1.54, 1.807) is 23.1 Å². The quantitative estimate of drug-likeness (QED) is 0.671. The normalized spacial score (nSPS) is 10.5. The summed E-state index contributed by atoms with van der Waals surface area (Å²) in [5.74, 6) is -0.929. The molecule has 4 nitrogen and oxygen atoms in total. The number of ether oxygens (including phenoxy) is 1. The van der Waals surface area contributed by atoms with E-state index in [-0.39, 0.29) is 29.1 Å². The molecule has 0 saturated carbocycles. The number of nitrogens with zero attached hydrogens (tertiary/aromatic N) is 1. The number of esters is 1. The number of benzene rings is 2. The van der Waals surface area contributed by atoms with Crippen LogP contribution in [0.5, 0.6) is 0 Å². The maximum Gasteiger partial charge on any atom is 0.340 e. The zero-order valence-electron chi connectivity index (χ0n) is 13.3. The van der Waals surface area contributed by atoms with E-state index in [2.05, 4.69) is 15.9 Å². The van der Waals surface area contributed by atoms with Gasteiger partial charge in [0.25, 0.3) is 5.91 Å². The second kappa shape index (κ2) is 8.31. The molecule has 2 rings (SSSR count). The van der Waals surface area contributed by atoms with E-state index in [0.29, 0.717) is 4.47 Å². The van der Waals surface area contributed by atoms with E-state index in [4.69, 9.17) is 16.3 Å². The molecule has 6 heteroatoms. The lowest BCUT2D eigenvalue weighted by molar-refractivity contribution is -0.122. The van der Waals surface area contributed by atoms with Crippen molar-refractivity contribution in [2.24, 2.45) is 0 Å². The molecule has 0 spiro atoms. The first-order valence-corrected chi connectivity index (χ1v) is 8.56. The first-order chi connectivity index (χ1) is 11.4. The Morgan fingerprint density at radius 3 is 2.46 bits per heavy atom. The van der Waals surface area contributed by atoms with Gasteiger partial charge in [-0.25, -0.2) is 4.79 Å². The van der Waals surface area contributed by atoms with E-state index in [1.807, 2.05) is 44.2 Å². The highest BCUT2D eigenvalue weighted by Crippen LogP contribution is 2.22. The van der Waals surface area contributed by atoms with Crippen LogP contribution < -0.4 is 4.90 Å². The van der Waals surface area contributed by atoms with Gasteiger partial charge in [-0.1, -0.05) is 45.7 Å². The van der Waals surface area contributed by atoms with Crippen molar-refractivity contribution < 1.29 is 14.3 Å². The summed E-state index contributed by atoms with van der Waals surface area (Å²) in [5.41, 5.74) is 0.976. The van der Waals surface area contributed by atoms with Crippen LogP contribution in [0.1, 0.15) is 24.2 Å². The summed E-state index contributed by atoms with van der Waals surface area (Å²) in [6.45, 7) is 3.45. The van der Waals surface area contributed by atoms with Crippen molar-refractivity contribution in [1.82, 2.24) is 0 Å². The summed E-state index contributed by atoms with van der Waals surface area (Å²) in [5, 5.41) is 0.277. The number of carbonyl (C=O) groups is 2. The lowest BCUT2D eigenvalue weighted by Gasteiger charge is -2.26. The molecule has 0 aromatic heterocycles. The van der Waals surface area contributed by atoms with Crippen molar-refractivity contribution in [3.8, 4) is 0 Å². The zero-order valence-corrected chi connectivity index (χ0v) is 15.7. The number of amides is 1. The van der Waals surface area contributed by atoms with Crippen LogP contribution in [0.2, 0.25) is 5.02 Å². The molecule has 0 unspecified atom stereocenters. The average Bonchev–Trinajstić information content (AvgIpc) is 2.55. The molecule has 0 atom stereocenters. The second-order valence-electron chi connectivity index (χ2n) is 5.39. The molecule has 0 aliphatic heterocycles. The van der Waals surface area contributed by atoms with Gasteiger partial charge < -0.3 is 9.64 Å². The predicted molar refractivity (Wildman–Crippen MR) is 98.5 cm³/mol. The molecule has 126 valence electrons. The highest BCUT2D eigenvalue weighted by atomic mass is 79.9. The van der Waals surface area contributed by atoms with Gasteiger partial charge in [0.1, 0.15) is 0 Å². The minimum Gasteiger partial charge on any atom is -0.452 e. The van der Waals surface area contributed by atoms with Crippen molar-refractivity contribution in [1.29, 1.82) is 0 Å². The van der Waals surface area contributed by atoms with Crippen LogP contribution in [0.4, 0.5) is 5.69 Å². The second-order valence-corrected chi connectivity index (χ2v) is 6.72. The van der Waals surface area contributed by atoms with Crippen LogP contribution in [0.3, 0.4) is 0 Å². The molecule has 0 saturated heterocycles. The van der Waals surface area contributed by atoms with Gasteiger partial charge in [0.2, 0.25) is 0 Å². The van der Waals surface area contributed by atoms with Crippen molar-refractivity contribution in [3.05, 3.63) is 63.6 Å². The van der Waals surface area contributed by atoms with E-state index in [9.17, 15) is 9.59 Å². The monoisotopic (exact) mass is 409 g/mol. The Balaban J connectivity index is 2.08. The molecule has 0 heterocycles. The molecule has 1 amide bonds. The largest absolute Gasteiger partial charge is 0.452 e. The zero-order chi connectivity index (χ0) is 17.7. The third-order valence-corrected chi connectivity index (χ3v) is 4.12. The van der Waals surface area contributed by atoms with Gasteiger partial charge in [0.05, 0.1) is 10.6 Å². The number of anilines is 1. The average molecular weight is 411 g/mol. The van der Waals surface area contributed by atoms with Gasteiger partial charge in [-0.05, 0) is 44.2 Å². The molecule has 24 heavy (non-hydrogen) atoms. The fraction of sp³-hybridized carbons (Fsp3) is 0.222. The number of para-hydroxylation sites is 1. The summed E-state index contributed by atoms with van der Waals surface area (Å²) >= 11 is 9.27. The van der Waals surface area contributed by atoms with E-state index >= 15 is 0 Å². The Bertz CT molecular complexity index is 734. The first-order valence-electron chi connectivity index (χ1n) is 7.39. The molecule has 2 aromatic carbocycles. The highest BCUT2D eigenvalue weighted by molar-refractivity contribution is 9.10. The Morgan fingerprint density at radius 2 is 1.83 bits per heavy atom. The van der Waals surface area contributed by atoms with Crippen LogP contribution in [-0.4, -0.2) is 24.5 Å². The maximum absolute atomic E-state index is 12.5. The van der Waals surface area contributed by atoms with E-state index < -0.39 is 5.97 Å². The fourth-order valence-electron chi connectivity index (χ4n) is 2.25. The molecular formula is C18H17BrClNO3. The number of carbonyl (C=O) groups excluding carboxylic acids is 2. The molecule has 0 bridgehead atoms. The van der Waals surface area contributed by atoms with Crippen LogP contribution in [0.15, 0.2) is 53.0 Å². The molecule has 0 fully saturated rings. The van der Waals surface area contributed by atoms with Crippen molar-refractivity contribution in [3.63, 3.8) is 0 Å². The third-order valence-electron chi connectivity index (χ3n) is 3.29. The summed E-state index contributed by atoms with van der Waals surface area (Å²) in [6.07, 6.45) is 0. The molecule has 0 aliphatic carbocycles. The van der Waals surface area contributed by atoms with Gasteiger partial charge in [0.15, 0.2) is 6.61 Å². The summed E-state index contributed by atoms with van der Waals surface area (Å²) in [7, 11) is 0. The molecule has 2 aromatic rings. The summed E-state index contributed by atoms with van der Waals surface area (Å²) in [4.78, 5) is 26.2. The number of halogens is 2. The van der Waals surface area contributed by atoms with Gasteiger partial charge in [0, 0.05) is 16.2 Å². The minimum atomic E-state index is -0.633. The highest BCUT2D eigenvalue weighted by Gasteiger charge is 2.21. The first kappa shape index (κ1) is 18.5. The van der Waals surface area contributed by atoms with Crippen molar-refractivity contribution in [2.45, 2.75) is 19.9 Å². The molecule has 0 radical (unpaired) electrons. The van der Waals surface area contributed by atoms with Crippen LogP contribution in [0, 0.1) is 0 Å². The summed E-state index contributed by atoms with van der Waals surface area (Å²) < 4.78 is 5.85. The predicted octanol–water partition coefficient (Wildman–Crippen LogP) is 4.70. The summed E-state index contributed by atoms with van der Waals surface area (Å²) in [6, 6.07) is 14.1. The maximum atomic E-state index is 12.5. The molecule has 0 N–H and O–H groups in total. The molecular weight excluding hydrogens is 394 g/mol. The number of hydrogen-bond acceptors (Lipinski definition) is 3. The minimum absolute atomic E-state index is 0.0620. The van der Waals surface area contributed by atoms with Crippen LogP contribution >= 0.6 is 27.5 Å². The van der Waals surface area contributed by atoms with Crippen molar-refractivity contribution >= 4 is 45.1 Å². The van der Waals surface area contributed by atoms with E-state index in [1.165, 1.54) is 0 Å². The fourth-order valence-corrected chi connectivity index (χ4v) is 2.80. The Kier molecular flexibility index (Phi) is 6.40. The van der Waals surface area contributed by atoms with E-state index in [0.717, 1.165) is 5.69 Å². The van der Waals surface area contributed by atoms with Crippen molar-refractivity contribution in [2.75, 3.05) is 11.5 Å². The van der Waals surface area contributed by atoms with Crippen LogP contribution in [0.25, 0.3) is 0 Å². The van der Waals surface area contributed by atoms with Gasteiger partial charge >= 0.3 is 5.97 Å². The van der Waals surface area contributed by atoms with Gasteiger partial charge in [-0.15, -0.1) is 0 Å². The Labute approximate surface area is 154 Å². The Hall–Kier alpha value is -1.85. The topological polar surface area (TPSA) is 46.6 Å². The van der Waals surface area contributed by atoms with Crippen LogP contribution in [-0.2, 0) is 9.53 Å². The lowest BCUT2D eigenvalue weighted by atomic mass is 10.2. The lowest BCUT2D eigenvalue weighted by Crippen LogP contribution is -2.39. The number of hydrogen-bond donors (Lipinski definition) is 0. The molecule has 0 aliphatic rings. The van der Waals surface area contributed by atoms with Gasteiger partial charge in [-0.3, -0.25) is 4.79 Å². The standard InChI is InChI=1S/C18H17BrClNO3/c1-12(2)21(14-6-4-3-5-7-14)17(22)11-24-18(23)15-10-13(19)8-9-16(15)20/h3-10,12H,11H2,1-2H3. The smallest absolute Gasteiger partial charge is 0.340 e. The van der Waals surface area contributed by atoms with Gasteiger partial charge in [-0.2, -0.15) is 0 Å². The SMILES string of the molecule is CC(C)N(C(=O)COC(=O)c1cc(Br)ccc1Cl)c1ccccc1. The Morgan fingerprint density at radius 1 is 1.17 bits per heavy atom.